The first-order valence-electron chi connectivity index (χ1n) is 8.16. The number of nitrogens with zero attached hydrogens (tertiary/aromatic N) is 4. The SMILES string of the molecule is CC1(NC(=O)OC(C)(C)C)CCN(c2ncnc3[nH]ncc23)CC1. The lowest BCUT2D eigenvalue weighted by atomic mass is 9.89. The van der Waals surface area contributed by atoms with Gasteiger partial charge in [0.15, 0.2) is 5.65 Å². The van der Waals surface area contributed by atoms with Crippen molar-refractivity contribution in [3.8, 4) is 0 Å². The zero-order valence-corrected chi connectivity index (χ0v) is 14.6. The van der Waals surface area contributed by atoms with Gasteiger partial charge in [-0.25, -0.2) is 14.8 Å². The Kier molecular flexibility index (Phi) is 4.06. The number of H-pyrrole nitrogens is 1. The van der Waals surface area contributed by atoms with E-state index in [1.54, 1.807) is 12.5 Å². The predicted octanol–water partition coefficient (Wildman–Crippen LogP) is 2.24. The molecule has 2 aromatic rings. The van der Waals surface area contributed by atoms with Gasteiger partial charge in [-0.05, 0) is 40.5 Å². The van der Waals surface area contributed by atoms with Crippen LogP contribution in [0.4, 0.5) is 10.6 Å². The second-order valence-corrected chi connectivity index (χ2v) is 7.50. The molecule has 3 rings (SSSR count). The van der Waals surface area contributed by atoms with E-state index >= 15 is 0 Å². The number of nitrogens with one attached hydrogen (secondary N) is 2. The van der Waals surface area contributed by atoms with Crippen LogP contribution in [-0.4, -0.2) is 50.5 Å². The van der Waals surface area contributed by atoms with Gasteiger partial charge in [-0.1, -0.05) is 0 Å². The Labute approximate surface area is 141 Å². The summed E-state index contributed by atoms with van der Waals surface area (Å²) in [6.45, 7) is 9.24. The standard InChI is InChI=1S/C16H24N6O2/c1-15(2,3)24-14(23)20-16(4)5-7-22(8-6-16)13-11-9-19-21-12(11)17-10-18-13/h9-10H,5-8H2,1-4H3,(H,20,23)(H,17,18,19,21). The zero-order valence-electron chi connectivity index (χ0n) is 14.6. The topological polar surface area (TPSA) is 96.0 Å². The maximum absolute atomic E-state index is 12.0. The van der Waals surface area contributed by atoms with E-state index in [-0.39, 0.29) is 11.6 Å². The minimum atomic E-state index is -0.491. The fourth-order valence-electron chi connectivity index (χ4n) is 2.89. The quantitative estimate of drug-likeness (QED) is 0.875. The molecule has 130 valence electrons. The van der Waals surface area contributed by atoms with Crippen LogP contribution in [0, 0.1) is 0 Å². The van der Waals surface area contributed by atoms with Crippen molar-refractivity contribution in [1.29, 1.82) is 0 Å². The molecule has 0 aliphatic carbocycles. The Hall–Kier alpha value is -2.38. The highest BCUT2D eigenvalue weighted by Gasteiger charge is 2.34. The van der Waals surface area contributed by atoms with E-state index < -0.39 is 5.60 Å². The first-order valence-corrected chi connectivity index (χ1v) is 8.16. The lowest BCUT2D eigenvalue weighted by Gasteiger charge is -2.40. The van der Waals surface area contributed by atoms with Gasteiger partial charge in [-0.3, -0.25) is 5.10 Å². The van der Waals surface area contributed by atoms with Gasteiger partial charge in [0, 0.05) is 18.6 Å². The number of rotatable bonds is 2. The van der Waals surface area contributed by atoms with Crippen molar-refractivity contribution in [3.05, 3.63) is 12.5 Å². The summed E-state index contributed by atoms with van der Waals surface area (Å²) in [4.78, 5) is 22.8. The van der Waals surface area contributed by atoms with Gasteiger partial charge in [0.1, 0.15) is 17.7 Å². The van der Waals surface area contributed by atoms with Crippen LogP contribution >= 0.6 is 0 Å². The Morgan fingerprint density at radius 3 is 2.71 bits per heavy atom. The van der Waals surface area contributed by atoms with Gasteiger partial charge in [0.2, 0.25) is 0 Å². The number of hydrogen-bond donors (Lipinski definition) is 2. The fraction of sp³-hybridized carbons (Fsp3) is 0.625. The number of hydrogen-bond acceptors (Lipinski definition) is 6. The molecule has 0 radical (unpaired) electrons. The van der Waals surface area contributed by atoms with Crippen LogP contribution in [0.2, 0.25) is 0 Å². The summed E-state index contributed by atoms with van der Waals surface area (Å²) in [5.74, 6) is 0.882. The molecule has 0 unspecified atom stereocenters. The predicted molar refractivity (Wildman–Crippen MR) is 90.9 cm³/mol. The lowest BCUT2D eigenvalue weighted by molar-refractivity contribution is 0.0448. The molecule has 0 atom stereocenters. The molecule has 1 amide bonds. The third-order valence-electron chi connectivity index (χ3n) is 4.20. The molecule has 3 heterocycles. The largest absolute Gasteiger partial charge is 0.444 e. The van der Waals surface area contributed by atoms with Crippen LogP contribution in [0.25, 0.3) is 11.0 Å². The molecule has 0 aromatic carbocycles. The second kappa shape index (κ2) is 5.92. The van der Waals surface area contributed by atoms with Gasteiger partial charge >= 0.3 is 6.09 Å². The second-order valence-electron chi connectivity index (χ2n) is 7.50. The van der Waals surface area contributed by atoms with Gasteiger partial charge in [0.05, 0.1) is 11.6 Å². The maximum atomic E-state index is 12.0. The molecular weight excluding hydrogens is 308 g/mol. The van der Waals surface area contributed by atoms with Crippen molar-refractivity contribution in [2.24, 2.45) is 0 Å². The van der Waals surface area contributed by atoms with E-state index in [9.17, 15) is 4.79 Å². The van der Waals surface area contributed by atoms with Crippen molar-refractivity contribution >= 4 is 22.9 Å². The van der Waals surface area contributed by atoms with Crippen LogP contribution in [0.3, 0.4) is 0 Å². The summed E-state index contributed by atoms with van der Waals surface area (Å²) in [5.41, 5.74) is -0.0312. The summed E-state index contributed by atoms with van der Waals surface area (Å²) in [7, 11) is 0. The summed E-state index contributed by atoms with van der Waals surface area (Å²) < 4.78 is 5.37. The molecule has 24 heavy (non-hydrogen) atoms. The fourth-order valence-corrected chi connectivity index (χ4v) is 2.89. The number of anilines is 1. The third-order valence-corrected chi connectivity index (χ3v) is 4.20. The summed E-state index contributed by atoms with van der Waals surface area (Å²) in [6, 6.07) is 0. The number of carbonyl (C=O) groups excluding carboxylic acids is 1. The normalized spacial score (nSPS) is 17.8. The van der Waals surface area contributed by atoms with E-state index in [1.165, 1.54) is 0 Å². The summed E-state index contributed by atoms with van der Waals surface area (Å²) >= 11 is 0. The van der Waals surface area contributed by atoms with E-state index in [0.717, 1.165) is 42.8 Å². The van der Waals surface area contributed by atoms with Crippen LogP contribution in [0.5, 0.6) is 0 Å². The average molecular weight is 332 g/mol. The number of ether oxygens (including phenoxy) is 1. The van der Waals surface area contributed by atoms with E-state index in [0.29, 0.717) is 0 Å². The molecular formula is C16H24N6O2. The molecule has 1 aliphatic rings. The number of alkyl carbamates (subject to hydrolysis) is 1. The Balaban J connectivity index is 1.65. The van der Waals surface area contributed by atoms with Crippen LogP contribution in [-0.2, 0) is 4.74 Å². The first kappa shape index (κ1) is 16.5. The van der Waals surface area contributed by atoms with Crippen molar-refractivity contribution in [2.75, 3.05) is 18.0 Å². The zero-order chi connectivity index (χ0) is 17.4. The van der Waals surface area contributed by atoms with E-state index in [1.807, 2.05) is 20.8 Å². The van der Waals surface area contributed by atoms with E-state index in [4.69, 9.17) is 4.74 Å². The molecule has 0 bridgehead atoms. The Morgan fingerprint density at radius 1 is 1.33 bits per heavy atom. The molecule has 2 aromatic heterocycles. The molecule has 0 saturated carbocycles. The first-order chi connectivity index (χ1) is 11.3. The number of aromatic nitrogens is 4. The molecule has 8 nitrogen and oxygen atoms in total. The van der Waals surface area contributed by atoms with Gasteiger partial charge in [-0.15, -0.1) is 0 Å². The molecule has 1 aliphatic heterocycles. The number of aromatic amines is 1. The maximum Gasteiger partial charge on any atom is 0.408 e. The monoisotopic (exact) mass is 332 g/mol. The number of carbonyl (C=O) groups is 1. The lowest BCUT2D eigenvalue weighted by Crippen LogP contribution is -2.54. The van der Waals surface area contributed by atoms with Gasteiger partial charge < -0.3 is 15.0 Å². The highest BCUT2D eigenvalue weighted by molar-refractivity contribution is 5.86. The summed E-state index contributed by atoms with van der Waals surface area (Å²) in [6.07, 6.45) is 4.56. The van der Waals surface area contributed by atoms with Crippen LogP contribution in [0.1, 0.15) is 40.5 Å². The van der Waals surface area contributed by atoms with Crippen molar-refractivity contribution in [3.63, 3.8) is 0 Å². The molecule has 0 spiro atoms. The Bertz CT molecular complexity index is 727. The highest BCUT2D eigenvalue weighted by atomic mass is 16.6. The van der Waals surface area contributed by atoms with Crippen LogP contribution in [0.15, 0.2) is 12.5 Å². The van der Waals surface area contributed by atoms with Crippen molar-refractivity contribution in [2.45, 2.75) is 51.7 Å². The number of piperidine rings is 1. The van der Waals surface area contributed by atoms with Crippen molar-refractivity contribution < 1.29 is 9.53 Å². The third kappa shape index (κ3) is 3.58. The summed E-state index contributed by atoms with van der Waals surface area (Å²) in [5, 5.41) is 10.8. The molecule has 2 N–H and O–H groups in total. The van der Waals surface area contributed by atoms with E-state index in [2.05, 4.69) is 37.3 Å². The van der Waals surface area contributed by atoms with Gasteiger partial charge in [-0.2, -0.15) is 5.10 Å². The van der Waals surface area contributed by atoms with Crippen LogP contribution < -0.4 is 10.2 Å². The van der Waals surface area contributed by atoms with Crippen molar-refractivity contribution in [1.82, 2.24) is 25.5 Å². The van der Waals surface area contributed by atoms with Gasteiger partial charge in [0.25, 0.3) is 0 Å². The minimum absolute atomic E-state index is 0.276. The smallest absolute Gasteiger partial charge is 0.408 e. The minimum Gasteiger partial charge on any atom is -0.444 e. The molecule has 1 saturated heterocycles. The number of fused-ring (bicyclic) bond motifs is 1. The molecule has 8 heteroatoms. The Morgan fingerprint density at radius 2 is 2.04 bits per heavy atom. The molecule has 1 fully saturated rings. The highest BCUT2D eigenvalue weighted by Crippen LogP contribution is 2.28. The average Bonchev–Trinajstić information content (AvgIpc) is 2.94. The number of amides is 1.